The molecule has 0 radical (unpaired) electrons. The zero-order valence-electron chi connectivity index (χ0n) is 11.3. The molecule has 1 fully saturated rings. The molecule has 3 rings (SSSR count). The third-order valence-corrected chi connectivity index (χ3v) is 3.45. The molecule has 1 saturated heterocycles. The van der Waals surface area contributed by atoms with E-state index in [9.17, 15) is 14.4 Å². The highest BCUT2D eigenvalue weighted by Gasteiger charge is 2.27. The quantitative estimate of drug-likeness (QED) is 0.675. The van der Waals surface area contributed by atoms with Crippen molar-refractivity contribution in [2.45, 2.75) is 12.5 Å². The number of amides is 3. The van der Waals surface area contributed by atoms with Crippen LogP contribution in [0.15, 0.2) is 18.2 Å². The summed E-state index contributed by atoms with van der Waals surface area (Å²) in [5, 5.41) is 8.14. The van der Waals surface area contributed by atoms with Crippen molar-refractivity contribution in [3.8, 4) is 0 Å². The van der Waals surface area contributed by atoms with Crippen LogP contribution in [0.4, 0.5) is 5.69 Å². The predicted octanol–water partition coefficient (Wildman–Crippen LogP) is -0.113. The van der Waals surface area contributed by atoms with Crippen molar-refractivity contribution >= 4 is 23.4 Å². The van der Waals surface area contributed by atoms with Crippen LogP contribution in [0.25, 0.3) is 0 Å². The maximum absolute atomic E-state index is 12.0. The molecule has 0 aliphatic carbocycles. The number of carbonyl (C=O) groups is 3. The second kappa shape index (κ2) is 5.63. The van der Waals surface area contributed by atoms with E-state index in [0.717, 1.165) is 6.54 Å². The Bertz CT molecular complexity index is 608. The zero-order chi connectivity index (χ0) is 14.8. The van der Waals surface area contributed by atoms with Crippen molar-refractivity contribution < 1.29 is 19.1 Å². The second-order valence-corrected chi connectivity index (χ2v) is 5.02. The van der Waals surface area contributed by atoms with Gasteiger partial charge in [0, 0.05) is 24.7 Å². The molecule has 1 atom stereocenters. The molecule has 1 aromatic rings. The largest absolute Gasteiger partial charge is 0.378 e. The predicted molar refractivity (Wildman–Crippen MR) is 74.1 cm³/mol. The summed E-state index contributed by atoms with van der Waals surface area (Å²) in [6.45, 7) is 1.90. The third kappa shape index (κ3) is 2.93. The van der Waals surface area contributed by atoms with E-state index < -0.39 is 11.8 Å². The molecule has 0 aromatic heterocycles. The van der Waals surface area contributed by atoms with Gasteiger partial charge in [-0.25, -0.2) is 0 Å². The third-order valence-electron chi connectivity index (χ3n) is 3.45. The molecule has 3 N–H and O–H groups in total. The summed E-state index contributed by atoms with van der Waals surface area (Å²) in [7, 11) is 0. The first kappa shape index (κ1) is 13.7. The minimum Gasteiger partial charge on any atom is -0.378 e. The molecule has 1 aromatic carbocycles. The minimum atomic E-state index is -0.437. The van der Waals surface area contributed by atoms with Crippen molar-refractivity contribution in [2.24, 2.45) is 0 Å². The molecular formula is C14H15N3O4. The second-order valence-electron chi connectivity index (χ2n) is 5.02. The average Bonchev–Trinajstić information content (AvgIpc) is 2.74. The number of hydrogen-bond acceptors (Lipinski definition) is 5. The smallest absolute Gasteiger partial charge is 0.259 e. The standard InChI is InChI=1S/C14H15N3O4/c18-12(6-9-7-21-4-3-15-9)16-8-1-2-10-11(5-8)14(20)17-13(10)19/h1-2,5,9,15H,3-4,6-7H2,(H,16,18)(H,17,19,20). The molecule has 110 valence electrons. The Balaban J connectivity index is 1.65. The van der Waals surface area contributed by atoms with Crippen LogP contribution in [0, 0.1) is 0 Å². The van der Waals surface area contributed by atoms with Crippen LogP contribution < -0.4 is 16.0 Å². The summed E-state index contributed by atoms with van der Waals surface area (Å²) in [6.07, 6.45) is 0.294. The maximum atomic E-state index is 12.0. The highest BCUT2D eigenvalue weighted by atomic mass is 16.5. The lowest BCUT2D eigenvalue weighted by atomic mass is 10.1. The molecule has 21 heavy (non-hydrogen) atoms. The number of fused-ring (bicyclic) bond motifs is 1. The van der Waals surface area contributed by atoms with Crippen LogP contribution in [-0.2, 0) is 9.53 Å². The van der Waals surface area contributed by atoms with Gasteiger partial charge in [-0.3, -0.25) is 19.7 Å². The van der Waals surface area contributed by atoms with Gasteiger partial charge in [0.1, 0.15) is 0 Å². The lowest BCUT2D eigenvalue weighted by Gasteiger charge is -2.23. The summed E-state index contributed by atoms with van der Waals surface area (Å²) in [4.78, 5) is 34.9. The lowest BCUT2D eigenvalue weighted by molar-refractivity contribution is -0.117. The fraction of sp³-hybridized carbons (Fsp3) is 0.357. The number of hydrogen-bond donors (Lipinski definition) is 3. The molecule has 0 spiro atoms. The number of morpholine rings is 1. The summed E-state index contributed by atoms with van der Waals surface area (Å²) < 4.78 is 5.29. The van der Waals surface area contributed by atoms with Gasteiger partial charge in [0.15, 0.2) is 0 Å². The van der Waals surface area contributed by atoms with Crippen molar-refractivity contribution in [3.63, 3.8) is 0 Å². The van der Waals surface area contributed by atoms with Gasteiger partial charge >= 0.3 is 0 Å². The number of anilines is 1. The summed E-state index contributed by atoms with van der Waals surface area (Å²) >= 11 is 0. The monoisotopic (exact) mass is 289 g/mol. The Hall–Kier alpha value is -2.25. The van der Waals surface area contributed by atoms with E-state index in [-0.39, 0.29) is 17.5 Å². The fourth-order valence-electron chi connectivity index (χ4n) is 2.43. The van der Waals surface area contributed by atoms with Crippen molar-refractivity contribution in [2.75, 3.05) is 25.1 Å². The van der Waals surface area contributed by atoms with Gasteiger partial charge in [0.05, 0.1) is 24.3 Å². The molecule has 0 bridgehead atoms. The van der Waals surface area contributed by atoms with Crippen LogP contribution >= 0.6 is 0 Å². The minimum absolute atomic E-state index is 0.00180. The highest BCUT2D eigenvalue weighted by Crippen LogP contribution is 2.20. The van der Waals surface area contributed by atoms with Crippen molar-refractivity contribution in [1.29, 1.82) is 0 Å². The van der Waals surface area contributed by atoms with E-state index in [2.05, 4.69) is 16.0 Å². The van der Waals surface area contributed by atoms with Gasteiger partial charge in [-0.15, -0.1) is 0 Å². The van der Waals surface area contributed by atoms with E-state index in [4.69, 9.17) is 4.74 Å². The Morgan fingerprint density at radius 3 is 2.86 bits per heavy atom. The van der Waals surface area contributed by atoms with Gasteiger partial charge < -0.3 is 15.4 Å². The zero-order valence-corrected chi connectivity index (χ0v) is 11.3. The van der Waals surface area contributed by atoms with Crippen molar-refractivity contribution in [1.82, 2.24) is 10.6 Å². The topological polar surface area (TPSA) is 96.5 Å². The Labute approximate surface area is 121 Å². The maximum Gasteiger partial charge on any atom is 0.259 e. The highest BCUT2D eigenvalue weighted by molar-refractivity contribution is 6.22. The first-order chi connectivity index (χ1) is 10.1. The van der Waals surface area contributed by atoms with E-state index in [0.29, 0.717) is 30.9 Å². The molecule has 1 unspecified atom stereocenters. The number of rotatable bonds is 3. The first-order valence-corrected chi connectivity index (χ1v) is 6.74. The number of nitrogens with one attached hydrogen (secondary N) is 3. The van der Waals surface area contributed by atoms with Gasteiger partial charge in [0.25, 0.3) is 11.8 Å². The average molecular weight is 289 g/mol. The van der Waals surface area contributed by atoms with E-state index in [1.165, 1.54) is 12.1 Å². The van der Waals surface area contributed by atoms with E-state index in [1.807, 2.05) is 0 Å². The number of carbonyl (C=O) groups excluding carboxylic acids is 3. The molecule has 2 heterocycles. The number of ether oxygens (including phenoxy) is 1. The van der Waals surface area contributed by atoms with E-state index >= 15 is 0 Å². The SMILES string of the molecule is O=C(CC1COCCN1)Nc1ccc2c(c1)C(=O)NC2=O. The Kier molecular flexibility index (Phi) is 3.68. The van der Waals surface area contributed by atoms with Crippen LogP contribution in [-0.4, -0.2) is 43.5 Å². The van der Waals surface area contributed by atoms with Crippen molar-refractivity contribution in [3.05, 3.63) is 29.3 Å². The van der Waals surface area contributed by atoms with Gasteiger partial charge in [-0.05, 0) is 18.2 Å². The normalized spacial score (nSPS) is 20.9. The Morgan fingerprint density at radius 2 is 2.10 bits per heavy atom. The fourth-order valence-corrected chi connectivity index (χ4v) is 2.43. The van der Waals surface area contributed by atoms with Gasteiger partial charge in [0.2, 0.25) is 5.91 Å². The summed E-state index contributed by atoms with van der Waals surface area (Å²) in [5.41, 5.74) is 1.12. The lowest BCUT2D eigenvalue weighted by Crippen LogP contribution is -2.43. The first-order valence-electron chi connectivity index (χ1n) is 6.74. The molecule has 2 aliphatic rings. The summed E-state index contributed by atoms with van der Waals surface area (Å²) in [5.74, 6) is -1.01. The molecule has 7 nitrogen and oxygen atoms in total. The molecule has 7 heteroatoms. The number of benzene rings is 1. The molecular weight excluding hydrogens is 274 g/mol. The molecule has 0 saturated carbocycles. The van der Waals surface area contributed by atoms with Gasteiger partial charge in [-0.2, -0.15) is 0 Å². The van der Waals surface area contributed by atoms with Crippen LogP contribution in [0.1, 0.15) is 27.1 Å². The molecule has 2 aliphatic heterocycles. The number of imide groups is 1. The Morgan fingerprint density at radius 1 is 1.29 bits per heavy atom. The van der Waals surface area contributed by atoms with Crippen LogP contribution in [0.2, 0.25) is 0 Å². The van der Waals surface area contributed by atoms with Gasteiger partial charge in [-0.1, -0.05) is 0 Å². The van der Waals surface area contributed by atoms with E-state index in [1.54, 1.807) is 6.07 Å². The van der Waals surface area contributed by atoms with Crippen LogP contribution in [0.3, 0.4) is 0 Å². The van der Waals surface area contributed by atoms with Crippen LogP contribution in [0.5, 0.6) is 0 Å². The summed E-state index contributed by atoms with van der Waals surface area (Å²) in [6, 6.07) is 4.66. The molecule has 3 amide bonds.